The lowest BCUT2D eigenvalue weighted by atomic mass is 9.95. The van der Waals surface area contributed by atoms with E-state index in [9.17, 15) is 13.2 Å². The molecule has 1 nitrogen and oxygen atoms in total. The highest BCUT2D eigenvalue weighted by Crippen LogP contribution is 2.41. The Bertz CT molecular complexity index is 500. The van der Waals surface area contributed by atoms with Crippen LogP contribution in [0.1, 0.15) is 36.4 Å². The Morgan fingerprint density at radius 3 is 2.75 bits per heavy atom. The molecule has 2 unspecified atom stereocenters. The molecule has 1 heterocycles. The van der Waals surface area contributed by atoms with Gasteiger partial charge < -0.3 is 0 Å². The number of nitrogens with zero attached hydrogens (tertiary/aromatic N) is 1. The minimum atomic E-state index is -4.06. The molecule has 0 saturated carbocycles. The van der Waals surface area contributed by atoms with Crippen molar-refractivity contribution in [1.82, 2.24) is 4.90 Å². The molecule has 1 saturated heterocycles. The fraction of sp³-hybridized carbons (Fsp3) is 0.600. The third kappa shape index (κ3) is 2.75. The van der Waals surface area contributed by atoms with Gasteiger partial charge in [0.1, 0.15) is 0 Å². The summed E-state index contributed by atoms with van der Waals surface area (Å²) in [5.41, 5.74) is 2.49. The molecule has 2 aliphatic rings. The van der Waals surface area contributed by atoms with Crippen LogP contribution in [0.25, 0.3) is 0 Å². The minimum Gasteiger partial charge on any atom is -0.296 e. The number of alkyl halides is 3. The van der Waals surface area contributed by atoms with Crippen molar-refractivity contribution in [1.29, 1.82) is 0 Å². The summed E-state index contributed by atoms with van der Waals surface area (Å²) in [6, 6.07) is 6.33. The third-order valence-electron chi connectivity index (χ3n) is 4.51. The van der Waals surface area contributed by atoms with Crippen molar-refractivity contribution < 1.29 is 13.2 Å². The maximum Gasteiger partial charge on any atom is 0.393 e. The monoisotopic (exact) mass is 347 g/mol. The predicted molar refractivity (Wildman–Crippen MR) is 75.6 cm³/mol. The third-order valence-corrected chi connectivity index (χ3v) is 5.00. The summed E-state index contributed by atoms with van der Waals surface area (Å²) in [6.45, 7) is 0.934. The van der Waals surface area contributed by atoms with E-state index in [0.29, 0.717) is 6.42 Å². The van der Waals surface area contributed by atoms with Crippen LogP contribution in [0, 0.1) is 5.92 Å². The van der Waals surface area contributed by atoms with Crippen molar-refractivity contribution in [2.24, 2.45) is 5.92 Å². The van der Waals surface area contributed by atoms with Crippen LogP contribution in [-0.4, -0.2) is 24.2 Å². The number of halogens is 4. The van der Waals surface area contributed by atoms with E-state index in [0.717, 1.165) is 23.9 Å². The molecular weight excluding hydrogens is 331 g/mol. The van der Waals surface area contributed by atoms with E-state index in [-0.39, 0.29) is 19.0 Å². The van der Waals surface area contributed by atoms with Crippen molar-refractivity contribution in [2.45, 2.75) is 37.9 Å². The summed E-state index contributed by atoms with van der Waals surface area (Å²) in [5.74, 6) is -1.16. The van der Waals surface area contributed by atoms with E-state index in [1.54, 1.807) is 0 Å². The Morgan fingerprint density at radius 2 is 2.00 bits per heavy atom. The molecule has 0 radical (unpaired) electrons. The zero-order valence-electron chi connectivity index (χ0n) is 11.1. The average Bonchev–Trinajstić information content (AvgIpc) is 2.81. The van der Waals surface area contributed by atoms with Crippen molar-refractivity contribution >= 4 is 15.9 Å². The van der Waals surface area contributed by atoms with Crippen LogP contribution in [0.4, 0.5) is 13.2 Å². The minimum absolute atomic E-state index is 0.153. The Labute approximate surface area is 125 Å². The lowest BCUT2D eigenvalue weighted by Crippen LogP contribution is -2.42. The number of likely N-dealkylation sites (tertiary alicyclic amines) is 1. The molecule has 1 fully saturated rings. The highest BCUT2D eigenvalue weighted by atomic mass is 79.9. The van der Waals surface area contributed by atoms with Crippen LogP contribution < -0.4 is 0 Å². The maximum absolute atomic E-state index is 12.9. The summed E-state index contributed by atoms with van der Waals surface area (Å²) >= 11 is 3.46. The van der Waals surface area contributed by atoms with E-state index >= 15 is 0 Å². The second-order valence-corrected chi connectivity index (χ2v) is 6.69. The van der Waals surface area contributed by atoms with Gasteiger partial charge in [-0.15, -0.1) is 0 Å². The van der Waals surface area contributed by atoms with Gasteiger partial charge in [0.05, 0.1) is 5.92 Å². The Hall–Kier alpha value is -0.550. The van der Waals surface area contributed by atoms with Crippen LogP contribution in [0.3, 0.4) is 0 Å². The smallest absolute Gasteiger partial charge is 0.296 e. The van der Waals surface area contributed by atoms with Crippen LogP contribution in [0.2, 0.25) is 0 Å². The molecule has 0 aromatic heterocycles. The molecule has 3 rings (SSSR count). The number of fused-ring (bicyclic) bond motifs is 1. The van der Waals surface area contributed by atoms with Gasteiger partial charge in [-0.3, -0.25) is 4.90 Å². The van der Waals surface area contributed by atoms with Gasteiger partial charge in [0.2, 0.25) is 0 Å². The molecule has 1 aromatic rings. The molecule has 1 aromatic carbocycles. The molecule has 20 heavy (non-hydrogen) atoms. The van der Waals surface area contributed by atoms with Gasteiger partial charge in [-0.1, -0.05) is 22.0 Å². The van der Waals surface area contributed by atoms with Gasteiger partial charge in [-0.2, -0.15) is 13.2 Å². The molecule has 0 bridgehead atoms. The van der Waals surface area contributed by atoms with Gasteiger partial charge in [-0.05, 0) is 55.5 Å². The van der Waals surface area contributed by atoms with Crippen molar-refractivity contribution in [3.05, 3.63) is 33.8 Å². The zero-order chi connectivity index (χ0) is 14.3. The summed E-state index contributed by atoms with van der Waals surface area (Å²) < 4.78 is 39.8. The fourth-order valence-corrected chi connectivity index (χ4v) is 3.87. The number of rotatable bonds is 1. The van der Waals surface area contributed by atoms with Crippen molar-refractivity contribution in [3.8, 4) is 0 Å². The zero-order valence-corrected chi connectivity index (χ0v) is 12.7. The largest absolute Gasteiger partial charge is 0.393 e. The molecule has 0 N–H and O–H groups in total. The van der Waals surface area contributed by atoms with Crippen LogP contribution >= 0.6 is 15.9 Å². The SMILES string of the molecule is FC(F)(F)C1CCCN(C2CCc3ccc(Br)cc32)C1. The van der Waals surface area contributed by atoms with Gasteiger partial charge in [-0.25, -0.2) is 0 Å². The number of hydrogen-bond donors (Lipinski definition) is 0. The quantitative estimate of drug-likeness (QED) is 0.710. The van der Waals surface area contributed by atoms with E-state index in [2.05, 4.69) is 28.1 Å². The molecule has 1 aliphatic heterocycles. The average molecular weight is 348 g/mol. The van der Waals surface area contributed by atoms with Gasteiger partial charge in [0.25, 0.3) is 0 Å². The van der Waals surface area contributed by atoms with Gasteiger partial charge in [0.15, 0.2) is 0 Å². The molecule has 110 valence electrons. The first-order valence-electron chi connectivity index (χ1n) is 7.04. The number of benzene rings is 1. The Kier molecular flexibility index (Phi) is 3.84. The number of hydrogen-bond acceptors (Lipinski definition) is 1. The Morgan fingerprint density at radius 1 is 1.20 bits per heavy atom. The molecule has 1 aliphatic carbocycles. The maximum atomic E-state index is 12.9. The molecular formula is C15H17BrF3N. The first-order valence-corrected chi connectivity index (χ1v) is 7.83. The fourth-order valence-electron chi connectivity index (χ4n) is 3.49. The first-order chi connectivity index (χ1) is 9.45. The highest BCUT2D eigenvalue weighted by molar-refractivity contribution is 9.10. The van der Waals surface area contributed by atoms with Crippen LogP contribution in [-0.2, 0) is 6.42 Å². The summed E-state index contributed by atoms with van der Waals surface area (Å²) in [5, 5.41) is 0. The van der Waals surface area contributed by atoms with Crippen molar-refractivity contribution in [2.75, 3.05) is 13.1 Å². The summed E-state index contributed by atoms with van der Waals surface area (Å²) in [6.07, 6.45) is -1.23. The topological polar surface area (TPSA) is 3.24 Å². The molecule has 2 atom stereocenters. The molecule has 5 heteroatoms. The predicted octanol–water partition coefficient (Wildman–Crippen LogP) is 4.71. The molecule has 0 spiro atoms. The standard InChI is InChI=1S/C15H17BrF3N/c16-12-5-3-10-4-6-14(13(10)8-12)20-7-1-2-11(9-20)15(17,18)19/h3,5,8,11,14H,1-2,4,6-7,9H2. The summed E-state index contributed by atoms with van der Waals surface area (Å²) in [7, 11) is 0. The lowest BCUT2D eigenvalue weighted by molar-refractivity contribution is -0.188. The second kappa shape index (κ2) is 5.34. The van der Waals surface area contributed by atoms with E-state index in [1.807, 2.05) is 11.0 Å². The van der Waals surface area contributed by atoms with Gasteiger partial charge in [0, 0.05) is 17.1 Å². The van der Waals surface area contributed by atoms with E-state index in [4.69, 9.17) is 0 Å². The summed E-state index contributed by atoms with van der Waals surface area (Å²) in [4.78, 5) is 2.04. The molecule has 0 amide bonds. The van der Waals surface area contributed by atoms with Crippen LogP contribution in [0.15, 0.2) is 22.7 Å². The lowest BCUT2D eigenvalue weighted by Gasteiger charge is -2.37. The van der Waals surface area contributed by atoms with E-state index in [1.165, 1.54) is 11.1 Å². The Balaban J connectivity index is 1.80. The highest BCUT2D eigenvalue weighted by Gasteiger charge is 2.43. The second-order valence-electron chi connectivity index (χ2n) is 5.77. The van der Waals surface area contributed by atoms with E-state index < -0.39 is 12.1 Å². The van der Waals surface area contributed by atoms with Gasteiger partial charge >= 0.3 is 6.18 Å². The first kappa shape index (κ1) is 14.4. The van der Waals surface area contributed by atoms with Crippen molar-refractivity contribution in [3.63, 3.8) is 0 Å². The van der Waals surface area contributed by atoms with Crippen LogP contribution in [0.5, 0.6) is 0 Å². The number of piperidine rings is 1. The number of aryl methyl sites for hydroxylation is 1. The normalized spacial score (nSPS) is 27.6.